The van der Waals surface area contributed by atoms with Crippen molar-refractivity contribution in [2.75, 3.05) is 13.1 Å². The average molecular weight is 507 g/mol. The Morgan fingerprint density at radius 3 is 1.84 bits per heavy atom. The van der Waals surface area contributed by atoms with Crippen LogP contribution in [0.15, 0.2) is 108 Å². The van der Waals surface area contributed by atoms with Gasteiger partial charge >= 0.3 is 0 Å². The molecule has 0 radical (unpaired) electrons. The smallest absolute Gasteiger partial charge is 0.286 e. The van der Waals surface area contributed by atoms with Gasteiger partial charge in [-0.3, -0.25) is 4.57 Å². The molecule has 0 aliphatic carbocycles. The van der Waals surface area contributed by atoms with Gasteiger partial charge in [0.05, 0.1) is 12.3 Å². The van der Waals surface area contributed by atoms with Gasteiger partial charge < -0.3 is 4.42 Å². The Kier molecular flexibility index (Phi) is 6.38. The highest BCUT2D eigenvalue weighted by Crippen LogP contribution is 2.56. The molecular formula is C30H27N4O2P. The highest BCUT2D eigenvalue weighted by atomic mass is 31.2. The first-order valence-electron chi connectivity index (χ1n) is 12.4. The summed E-state index contributed by atoms with van der Waals surface area (Å²) >= 11 is 0. The van der Waals surface area contributed by atoms with Crippen LogP contribution in [-0.4, -0.2) is 22.4 Å². The number of hydrogen-bond donors (Lipinski definition) is 1. The largest absolute Gasteiger partial charge is 0.467 e. The molecule has 1 aromatic heterocycles. The standard InChI is InChI=1S/C30H27N4O2P/c31-20-29(30-16-7-19-36-30)32-37(35)33(21-25-12-5-10-23-8-1-3-14-27(23)25)17-18-34(37)22-26-13-6-11-24-9-2-4-15-28(24)26/h1-16,19,29H,17-18,21-22H2,(H,32,35)/t29-/m1/s1. The molecule has 4 aromatic carbocycles. The summed E-state index contributed by atoms with van der Waals surface area (Å²) in [6.45, 7) is 2.26. The van der Waals surface area contributed by atoms with Gasteiger partial charge in [0.2, 0.25) is 0 Å². The predicted octanol–water partition coefficient (Wildman–Crippen LogP) is 6.87. The summed E-state index contributed by atoms with van der Waals surface area (Å²) in [6, 6.07) is 33.9. The summed E-state index contributed by atoms with van der Waals surface area (Å²) in [7, 11) is -3.36. The van der Waals surface area contributed by atoms with Gasteiger partial charge in [-0.1, -0.05) is 84.9 Å². The lowest BCUT2D eigenvalue weighted by Gasteiger charge is -2.32. The number of fused-ring (bicyclic) bond motifs is 2. The Hall–Kier alpha value is -3.72. The van der Waals surface area contributed by atoms with Crippen LogP contribution in [0, 0.1) is 11.3 Å². The lowest BCUT2D eigenvalue weighted by molar-refractivity contribution is 0.405. The van der Waals surface area contributed by atoms with Gasteiger partial charge in [-0.15, -0.1) is 0 Å². The molecule has 0 amide bonds. The Balaban J connectivity index is 1.38. The zero-order valence-electron chi connectivity index (χ0n) is 20.3. The van der Waals surface area contributed by atoms with Gasteiger partial charge in [0.25, 0.3) is 7.59 Å². The minimum absolute atomic E-state index is 0.458. The molecule has 0 saturated carbocycles. The van der Waals surface area contributed by atoms with Crippen LogP contribution in [0.5, 0.6) is 0 Å². The molecule has 5 aromatic rings. The van der Waals surface area contributed by atoms with Crippen LogP contribution in [-0.2, 0) is 17.7 Å². The van der Waals surface area contributed by atoms with E-state index in [0.29, 0.717) is 31.9 Å². The fraction of sp³-hybridized carbons (Fsp3) is 0.167. The second-order valence-electron chi connectivity index (χ2n) is 9.30. The summed E-state index contributed by atoms with van der Waals surface area (Å²) in [5.74, 6) is 0.458. The normalized spacial score (nSPS) is 16.7. The van der Waals surface area contributed by atoms with Crippen LogP contribution in [0.4, 0.5) is 0 Å². The van der Waals surface area contributed by atoms with E-state index in [-0.39, 0.29) is 0 Å². The average Bonchev–Trinajstić information content (AvgIpc) is 3.57. The third-order valence-electron chi connectivity index (χ3n) is 7.10. The van der Waals surface area contributed by atoms with Gasteiger partial charge in [0.1, 0.15) is 5.76 Å². The van der Waals surface area contributed by atoms with Crippen LogP contribution < -0.4 is 5.09 Å². The number of nitrogens with one attached hydrogen (secondary N) is 1. The van der Waals surface area contributed by atoms with E-state index in [1.807, 2.05) is 45.7 Å². The first-order valence-corrected chi connectivity index (χ1v) is 14.0. The molecule has 6 nitrogen and oxygen atoms in total. The van der Waals surface area contributed by atoms with Crippen molar-refractivity contribution in [3.63, 3.8) is 0 Å². The molecule has 1 saturated heterocycles. The molecule has 0 bridgehead atoms. The first-order chi connectivity index (χ1) is 18.2. The fourth-order valence-electron chi connectivity index (χ4n) is 5.23. The zero-order valence-corrected chi connectivity index (χ0v) is 21.2. The Labute approximate surface area is 216 Å². The van der Waals surface area contributed by atoms with Crippen LogP contribution in [0.25, 0.3) is 21.5 Å². The van der Waals surface area contributed by atoms with Crippen molar-refractivity contribution in [3.8, 4) is 6.07 Å². The predicted molar refractivity (Wildman–Crippen MR) is 147 cm³/mol. The van der Waals surface area contributed by atoms with Crippen molar-refractivity contribution < 1.29 is 8.98 Å². The van der Waals surface area contributed by atoms with Gasteiger partial charge in [-0.05, 0) is 44.8 Å². The maximum atomic E-state index is 15.0. The number of benzene rings is 4. The third kappa shape index (κ3) is 4.48. The van der Waals surface area contributed by atoms with E-state index in [1.54, 1.807) is 12.1 Å². The van der Waals surface area contributed by atoms with Crippen molar-refractivity contribution in [1.29, 1.82) is 5.26 Å². The summed E-state index contributed by atoms with van der Waals surface area (Å²) in [5, 5.41) is 17.8. The Bertz CT molecular complexity index is 1540. The molecule has 1 aliphatic rings. The molecule has 2 heterocycles. The van der Waals surface area contributed by atoms with Crippen molar-refractivity contribution in [1.82, 2.24) is 14.4 Å². The third-order valence-corrected chi connectivity index (χ3v) is 9.91. The molecule has 7 heteroatoms. The lowest BCUT2D eigenvalue weighted by atomic mass is 10.0. The van der Waals surface area contributed by atoms with E-state index < -0.39 is 13.6 Å². The fourth-order valence-corrected chi connectivity index (χ4v) is 7.84. The van der Waals surface area contributed by atoms with Crippen LogP contribution in [0.3, 0.4) is 0 Å². The topological polar surface area (TPSA) is 72.5 Å². The maximum absolute atomic E-state index is 15.0. The van der Waals surface area contributed by atoms with E-state index >= 15 is 0 Å². The number of furan rings is 1. The van der Waals surface area contributed by atoms with E-state index in [1.165, 1.54) is 6.26 Å². The highest BCUT2D eigenvalue weighted by molar-refractivity contribution is 7.57. The minimum atomic E-state index is -3.36. The van der Waals surface area contributed by atoms with Crippen molar-refractivity contribution in [3.05, 3.63) is 120 Å². The summed E-state index contributed by atoms with van der Waals surface area (Å²) in [4.78, 5) is 0. The number of nitrogens with zero attached hydrogens (tertiary/aromatic N) is 3. The molecule has 184 valence electrons. The van der Waals surface area contributed by atoms with Crippen LogP contribution >= 0.6 is 7.59 Å². The number of hydrogen-bond acceptors (Lipinski definition) is 3. The van der Waals surface area contributed by atoms with E-state index in [2.05, 4.69) is 59.7 Å². The van der Waals surface area contributed by atoms with Gasteiger partial charge in [0, 0.05) is 26.2 Å². The molecule has 37 heavy (non-hydrogen) atoms. The second-order valence-corrected chi connectivity index (χ2v) is 11.8. The molecule has 6 rings (SSSR count). The number of rotatable bonds is 7. The quantitative estimate of drug-likeness (QED) is 0.243. The Morgan fingerprint density at radius 2 is 1.32 bits per heavy atom. The van der Waals surface area contributed by atoms with E-state index in [9.17, 15) is 9.83 Å². The number of nitriles is 1. The first kappa shape index (κ1) is 23.7. The van der Waals surface area contributed by atoms with Crippen LogP contribution in [0.1, 0.15) is 22.9 Å². The van der Waals surface area contributed by atoms with E-state index in [4.69, 9.17) is 4.42 Å². The molecular weight excluding hydrogens is 479 g/mol. The van der Waals surface area contributed by atoms with Crippen molar-refractivity contribution in [2.45, 2.75) is 19.1 Å². The lowest BCUT2D eigenvalue weighted by Crippen LogP contribution is -2.31. The molecule has 1 atom stereocenters. The molecule has 0 spiro atoms. The second kappa shape index (κ2) is 9.97. The summed E-state index contributed by atoms with van der Waals surface area (Å²) < 4.78 is 24.5. The minimum Gasteiger partial charge on any atom is -0.467 e. The summed E-state index contributed by atoms with van der Waals surface area (Å²) in [6.07, 6.45) is 1.54. The van der Waals surface area contributed by atoms with Crippen molar-refractivity contribution in [2.24, 2.45) is 0 Å². The van der Waals surface area contributed by atoms with Crippen molar-refractivity contribution >= 4 is 29.1 Å². The van der Waals surface area contributed by atoms with Gasteiger partial charge in [-0.25, -0.2) is 14.4 Å². The molecule has 1 aliphatic heterocycles. The molecule has 0 unspecified atom stereocenters. The summed E-state index contributed by atoms with van der Waals surface area (Å²) in [5.41, 5.74) is 2.22. The molecule has 1 fully saturated rings. The van der Waals surface area contributed by atoms with Crippen LogP contribution in [0.2, 0.25) is 0 Å². The van der Waals surface area contributed by atoms with E-state index in [0.717, 1.165) is 32.7 Å². The Morgan fingerprint density at radius 1 is 0.784 bits per heavy atom. The molecule has 1 N–H and O–H groups in total. The highest BCUT2D eigenvalue weighted by Gasteiger charge is 2.45. The monoisotopic (exact) mass is 506 g/mol. The maximum Gasteiger partial charge on any atom is 0.286 e. The zero-order chi connectivity index (χ0) is 25.2. The van der Waals surface area contributed by atoms with Gasteiger partial charge in [-0.2, -0.15) is 5.26 Å². The van der Waals surface area contributed by atoms with Gasteiger partial charge in [0.15, 0.2) is 6.04 Å². The SMILES string of the molecule is N#C[C@@H](NP1(=O)N(Cc2cccc3ccccc23)CCN1Cc1cccc2ccccc12)c1ccco1.